The summed E-state index contributed by atoms with van der Waals surface area (Å²) in [5, 5.41) is 0. The summed E-state index contributed by atoms with van der Waals surface area (Å²) in [5.41, 5.74) is 3.43. The van der Waals surface area contributed by atoms with Gasteiger partial charge in [-0.2, -0.15) is 0 Å². The van der Waals surface area contributed by atoms with Gasteiger partial charge in [-0.05, 0) is 42.0 Å². The fourth-order valence-electron chi connectivity index (χ4n) is 3.19. The number of nitrogens with zero attached hydrogens (tertiary/aromatic N) is 2. The summed E-state index contributed by atoms with van der Waals surface area (Å²) in [6, 6.07) is 29.2. The van der Waals surface area contributed by atoms with Crippen molar-refractivity contribution in [3.63, 3.8) is 0 Å². The van der Waals surface area contributed by atoms with E-state index in [0.29, 0.717) is 6.04 Å². The molecule has 124 valence electrons. The Morgan fingerprint density at radius 1 is 0.840 bits per heavy atom. The van der Waals surface area contributed by atoms with E-state index in [1.807, 2.05) is 42.5 Å². The van der Waals surface area contributed by atoms with Crippen LogP contribution in [-0.4, -0.2) is 12.9 Å². The highest BCUT2D eigenvalue weighted by Crippen LogP contribution is 2.40. The van der Waals surface area contributed by atoms with Gasteiger partial charge in [-0.15, -0.1) is 0 Å². The number of rotatable bonds is 4. The van der Waals surface area contributed by atoms with Gasteiger partial charge in [-0.3, -0.25) is 0 Å². The van der Waals surface area contributed by atoms with E-state index in [1.54, 1.807) is 7.11 Å². The average Bonchev–Trinajstić information content (AvgIpc) is 2.67. The molecule has 0 aromatic heterocycles. The van der Waals surface area contributed by atoms with Crippen molar-refractivity contribution in [2.24, 2.45) is 4.99 Å². The fraction of sp³-hybridized carbons (Fsp3) is 0.136. The van der Waals surface area contributed by atoms with Crippen molar-refractivity contribution in [3.05, 3.63) is 90.5 Å². The van der Waals surface area contributed by atoms with E-state index in [0.717, 1.165) is 29.4 Å². The molecule has 3 nitrogen and oxygen atoms in total. The minimum absolute atomic E-state index is 0.317. The van der Waals surface area contributed by atoms with E-state index in [4.69, 9.17) is 9.73 Å². The molecule has 1 atom stereocenters. The molecule has 0 saturated carbocycles. The molecule has 0 spiro atoms. The summed E-state index contributed by atoms with van der Waals surface area (Å²) in [4.78, 5) is 7.16. The maximum Gasteiger partial charge on any atom is 0.119 e. The van der Waals surface area contributed by atoms with Crippen LogP contribution in [-0.2, 0) is 0 Å². The number of hydrogen-bond acceptors (Lipinski definition) is 2. The lowest BCUT2D eigenvalue weighted by Crippen LogP contribution is -2.46. The van der Waals surface area contributed by atoms with Gasteiger partial charge in [0.1, 0.15) is 11.6 Å². The third kappa shape index (κ3) is 3.13. The van der Waals surface area contributed by atoms with Crippen LogP contribution in [0.4, 0.5) is 11.4 Å². The zero-order valence-electron chi connectivity index (χ0n) is 14.2. The molecule has 0 radical (unpaired) electrons. The van der Waals surface area contributed by atoms with Gasteiger partial charge in [0.15, 0.2) is 0 Å². The smallest absolute Gasteiger partial charge is 0.119 e. The molecular formula is C22H20N2O. The molecule has 3 heteroatoms. The zero-order valence-corrected chi connectivity index (χ0v) is 14.2. The second-order valence-corrected chi connectivity index (χ2v) is 6.06. The summed E-state index contributed by atoms with van der Waals surface area (Å²) < 4.78 is 5.29. The molecule has 0 aliphatic carbocycles. The van der Waals surface area contributed by atoms with Crippen LogP contribution in [0.2, 0.25) is 0 Å². The fourth-order valence-corrected chi connectivity index (χ4v) is 3.19. The first-order valence-corrected chi connectivity index (χ1v) is 8.46. The van der Waals surface area contributed by atoms with Crippen LogP contribution >= 0.6 is 0 Å². The first kappa shape index (κ1) is 15.5. The SMILES string of the molecule is COc1ccc(N2C(=Nc3ccccc3)CC2c2ccccc2)cc1. The minimum atomic E-state index is 0.317. The van der Waals surface area contributed by atoms with Gasteiger partial charge in [0.2, 0.25) is 0 Å². The van der Waals surface area contributed by atoms with E-state index >= 15 is 0 Å². The van der Waals surface area contributed by atoms with Crippen molar-refractivity contribution in [3.8, 4) is 5.75 Å². The molecule has 0 amide bonds. The number of aliphatic imine (C=N–C) groups is 1. The third-order valence-electron chi connectivity index (χ3n) is 4.51. The van der Waals surface area contributed by atoms with Crippen LogP contribution in [0, 0.1) is 0 Å². The Hall–Kier alpha value is -3.07. The number of methoxy groups -OCH3 is 1. The largest absolute Gasteiger partial charge is 0.497 e. The molecule has 3 aromatic carbocycles. The highest BCUT2D eigenvalue weighted by molar-refractivity contribution is 6.06. The average molecular weight is 328 g/mol. The van der Waals surface area contributed by atoms with E-state index in [9.17, 15) is 0 Å². The lowest BCUT2D eigenvalue weighted by atomic mass is 9.92. The molecule has 4 rings (SSSR count). The number of hydrogen-bond donors (Lipinski definition) is 0. The standard InChI is InChI=1S/C22H20N2O/c1-25-20-14-12-19(13-15-20)24-21(17-8-4-2-5-9-17)16-22(24)23-18-10-6-3-7-11-18/h2-15,21H,16H2,1H3. The molecule has 1 fully saturated rings. The molecular weight excluding hydrogens is 308 g/mol. The lowest BCUT2D eigenvalue weighted by molar-refractivity contribution is 0.415. The summed E-state index contributed by atoms with van der Waals surface area (Å²) in [6.07, 6.45) is 0.935. The number of para-hydroxylation sites is 1. The highest BCUT2D eigenvalue weighted by Gasteiger charge is 2.36. The van der Waals surface area contributed by atoms with Gasteiger partial charge in [0.25, 0.3) is 0 Å². The Bertz CT molecular complexity index is 858. The van der Waals surface area contributed by atoms with Crippen LogP contribution in [0.3, 0.4) is 0 Å². The monoisotopic (exact) mass is 328 g/mol. The van der Waals surface area contributed by atoms with Crippen molar-refractivity contribution < 1.29 is 4.74 Å². The third-order valence-corrected chi connectivity index (χ3v) is 4.51. The first-order chi connectivity index (χ1) is 12.3. The second kappa shape index (κ2) is 6.81. The Labute approximate surface area is 148 Å². The Balaban J connectivity index is 1.69. The van der Waals surface area contributed by atoms with E-state index in [2.05, 4.69) is 47.4 Å². The molecule has 3 aromatic rings. The van der Waals surface area contributed by atoms with Crippen molar-refractivity contribution in [2.45, 2.75) is 12.5 Å². The van der Waals surface area contributed by atoms with Gasteiger partial charge in [0.05, 0.1) is 18.8 Å². The van der Waals surface area contributed by atoms with Crippen molar-refractivity contribution >= 4 is 17.2 Å². The van der Waals surface area contributed by atoms with Gasteiger partial charge in [-0.1, -0.05) is 48.5 Å². The highest BCUT2D eigenvalue weighted by atomic mass is 16.5. The minimum Gasteiger partial charge on any atom is -0.497 e. The predicted molar refractivity (Wildman–Crippen MR) is 103 cm³/mol. The Morgan fingerprint density at radius 3 is 2.12 bits per heavy atom. The number of ether oxygens (including phenoxy) is 1. The summed E-state index contributed by atoms with van der Waals surface area (Å²) in [7, 11) is 1.69. The Kier molecular flexibility index (Phi) is 4.21. The predicted octanol–water partition coefficient (Wildman–Crippen LogP) is 5.38. The lowest BCUT2D eigenvalue weighted by Gasteiger charge is -2.44. The molecule has 0 bridgehead atoms. The van der Waals surface area contributed by atoms with Crippen LogP contribution in [0.1, 0.15) is 18.0 Å². The number of amidine groups is 1. The van der Waals surface area contributed by atoms with E-state index in [-0.39, 0.29) is 0 Å². The topological polar surface area (TPSA) is 24.8 Å². The zero-order chi connectivity index (χ0) is 17.1. The molecule has 25 heavy (non-hydrogen) atoms. The molecule has 1 aliphatic rings. The van der Waals surface area contributed by atoms with Crippen molar-refractivity contribution in [1.82, 2.24) is 0 Å². The van der Waals surface area contributed by atoms with Gasteiger partial charge in [-0.25, -0.2) is 4.99 Å². The first-order valence-electron chi connectivity index (χ1n) is 8.46. The Morgan fingerprint density at radius 2 is 1.48 bits per heavy atom. The normalized spacial score (nSPS) is 18.0. The quantitative estimate of drug-likeness (QED) is 0.642. The van der Waals surface area contributed by atoms with Gasteiger partial charge in [0, 0.05) is 12.1 Å². The maximum atomic E-state index is 5.29. The van der Waals surface area contributed by atoms with Crippen LogP contribution < -0.4 is 9.64 Å². The van der Waals surface area contributed by atoms with Crippen molar-refractivity contribution in [1.29, 1.82) is 0 Å². The molecule has 1 heterocycles. The molecule has 1 unspecified atom stereocenters. The number of benzene rings is 3. The molecule has 1 aliphatic heterocycles. The van der Waals surface area contributed by atoms with Crippen LogP contribution in [0.15, 0.2) is 89.9 Å². The maximum absolute atomic E-state index is 5.29. The summed E-state index contributed by atoms with van der Waals surface area (Å²) >= 11 is 0. The van der Waals surface area contributed by atoms with Crippen LogP contribution in [0.25, 0.3) is 0 Å². The second-order valence-electron chi connectivity index (χ2n) is 6.06. The van der Waals surface area contributed by atoms with Gasteiger partial charge < -0.3 is 9.64 Å². The summed E-state index contributed by atoms with van der Waals surface area (Å²) in [5.74, 6) is 1.95. The number of anilines is 1. The summed E-state index contributed by atoms with van der Waals surface area (Å²) in [6.45, 7) is 0. The van der Waals surface area contributed by atoms with E-state index in [1.165, 1.54) is 5.56 Å². The van der Waals surface area contributed by atoms with Gasteiger partial charge >= 0.3 is 0 Å². The molecule has 0 N–H and O–H groups in total. The van der Waals surface area contributed by atoms with Crippen molar-refractivity contribution in [2.75, 3.05) is 12.0 Å². The van der Waals surface area contributed by atoms with E-state index < -0.39 is 0 Å². The van der Waals surface area contributed by atoms with Crippen LogP contribution in [0.5, 0.6) is 5.75 Å². The molecule has 1 saturated heterocycles.